The fourth-order valence-corrected chi connectivity index (χ4v) is 4.93. The van der Waals surface area contributed by atoms with Gasteiger partial charge < -0.3 is 14.8 Å². The first kappa shape index (κ1) is 19.8. The number of thiazole rings is 1. The molecule has 1 fully saturated rings. The van der Waals surface area contributed by atoms with E-state index in [1.165, 1.54) is 24.0 Å². The predicted molar refractivity (Wildman–Crippen MR) is 119 cm³/mol. The van der Waals surface area contributed by atoms with E-state index in [9.17, 15) is 0 Å². The molecule has 8 heteroatoms. The summed E-state index contributed by atoms with van der Waals surface area (Å²) in [5.41, 5.74) is 4.15. The molecule has 1 atom stereocenters. The summed E-state index contributed by atoms with van der Waals surface area (Å²) in [6.07, 6.45) is 5.12. The molecule has 3 aromatic rings. The van der Waals surface area contributed by atoms with Crippen molar-refractivity contribution in [1.82, 2.24) is 14.9 Å². The molecular formula is C23H23N5O2S. The summed E-state index contributed by atoms with van der Waals surface area (Å²) in [6, 6.07) is 10.0. The van der Waals surface area contributed by atoms with Crippen molar-refractivity contribution in [2.24, 2.45) is 0 Å². The average Bonchev–Trinajstić information content (AvgIpc) is 3.44. The summed E-state index contributed by atoms with van der Waals surface area (Å²) in [5.74, 6) is 2.30. The number of nitrogens with zero attached hydrogens (tertiary/aromatic N) is 4. The molecule has 31 heavy (non-hydrogen) atoms. The quantitative estimate of drug-likeness (QED) is 0.611. The highest BCUT2D eigenvalue weighted by molar-refractivity contribution is 7.13. The van der Waals surface area contributed by atoms with Crippen molar-refractivity contribution in [3.8, 4) is 17.6 Å². The minimum Gasteiger partial charge on any atom is -0.454 e. The Bertz CT molecular complexity index is 1140. The van der Waals surface area contributed by atoms with Crippen molar-refractivity contribution < 1.29 is 9.47 Å². The molecule has 7 nitrogen and oxygen atoms in total. The number of benzene rings is 1. The Labute approximate surface area is 185 Å². The van der Waals surface area contributed by atoms with Crippen LogP contribution < -0.4 is 14.8 Å². The van der Waals surface area contributed by atoms with E-state index in [2.05, 4.69) is 45.7 Å². The molecule has 2 aromatic heterocycles. The van der Waals surface area contributed by atoms with Gasteiger partial charge in [0.15, 0.2) is 16.6 Å². The highest BCUT2D eigenvalue weighted by Gasteiger charge is 2.27. The lowest BCUT2D eigenvalue weighted by Crippen LogP contribution is -2.33. The number of ether oxygens (including phenoxy) is 2. The number of nitriles is 1. The summed E-state index contributed by atoms with van der Waals surface area (Å²) in [5, 5.41) is 15.2. The molecule has 0 spiro atoms. The normalized spacial score (nSPS) is 18.0. The second kappa shape index (κ2) is 8.53. The van der Waals surface area contributed by atoms with E-state index in [4.69, 9.17) is 19.7 Å². The van der Waals surface area contributed by atoms with Gasteiger partial charge in [0, 0.05) is 18.1 Å². The molecule has 0 aliphatic carbocycles. The highest BCUT2D eigenvalue weighted by atomic mass is 32.1. The Morgan fingerprint density at radius 2 is 2.13 bits per heavy atom. The molecule has 0 radical (unpaired) electrons. The van der Waals surface area contributed by atoms with Crippen molar-refractivity contribution in [3.63, 3.8) is 0 Å². The molecule has 1 N–H and O–H groups in total. The lowest BCUT2D eigenvalue weighted by Gasteiger charge is -2.35. The van der Waals surface area contributed by atoms with Crippen LogP contribution in [0.4, 0.5) is 10.9 Å². The number of hydrogen-bond acceptors (Lipinski definition) is 8. The van der Waals surface area contributed by atoms with Crippen LogP contribution >= 0.6 is 11.3 Å². The molecule has 2 aliphatic rings. The second-order valence-corrected chi connectivity index (χ2v) is 8.72. The van der Waals surface area contributed by atoms with Gasteiger partial charge in [0.1, 0.15) is 5.82 Å². The van der Waals surface area contributed by atoms with Crippen molar-refractivity contribution in [2.45, 2.75) is 38.8 Å². The maximum Gasteiger partial charge on any atom is 0.231 e. The molecule has 1 saturated heterocycles. The maximum absolute atomic E-state index is 9.08. The molecule has 5 rings (SSSR count). The minimum absolute atomic E-state index is 0.281. The van der Waals surface area contributed by atoms with Gasteiger partial charge in [0.05, 0.1) is 23.4 Å². The van der Waals surface area contributed by atoms with E-state index in [1.54, 1.807) is 29.7 Å². The van der Waals surface area contributed by atoms with Crippen LogP contribution in [0.3, 0.4) is 0 Å². The summed E-state index contributed by atoms with van der Waals surface area (Å²) in [4.78, 5) is 11.7. The smallest absolute Gasteiger partial charge is 0.231 e. The van der Waals surface area contributed by atoms with Crippen LogP contribution in [-0.4, -0.2) is 28.2 Å². The van der Waals surface area contributed by atoms with Gasteiger partial charge in [-0.2, -0.15) is 5.26 Å². The molecule has 0 amide bonds. The lowest BCUT2D eigenvalue weighted by molar-refractivity contribution is 0.137. The third-order valence-electron chi connectivity index (χ3n) is 5.81. The maximum atomic E-state index is 9.08. The van der Waals surface area contributed by atoms with E-state index < -0.39 is 0 Å². The Balaban J connectivity index is 1.34. The predicted octanol–water partition coefficient (Wildman–Crippen LogP) is 4.92. The van der Waals surface area contributed by atoms with E-state index in [0.717, 1.165) is 41.8 Å². The van der Waals surface area contributed by atoms with Gasteiger partial charge in [-0.15, -0.1) is 11.3 Å². The summed E-state index contributed by atoms with van der Waals surface area (Å²) < 4.78 is 11.1. The van der Waals surface area contributed by atoms with E-state index in [0.29, 0.717) is 18.2 Å². The van der Waals surface area contributed by atoms with Crippen molar-refractivity contribution in [1.29, 1.82) is 5.26 Å². The van der Waals surface area contributed by atoms with Crippen molar-refractivity contribution in [2.75, 3.05) is 18.7 Å². The van der Waals surface area contributed by atoms with Gasteiger partial charge in [-0.05, 0) is 61.7 Å². The van der Waals surface area contributed by atoms with Gasteiger partial charge in [-0.3, -0.25) is 4.90 Å². The van der Waals surface area contributed by atoms with Crippen LogP contribution in [-0.2, 0) is 6.54 Å². The van der Waals surface area contributed by atoms with Crippen LogP contribution in [0.5, 0.6) is 11.5 Å². The summed E-state index contributed by atoms with van der Waals surface area (Å²) in [7, 11) is 0. The zero-order valence-electron chi connectivity index (χ0n) is 17.3. The molecule has 1 unspecified atom stereocenters. The third kappa shape index (κ3) is 4.20. The van der Waals surface area contributed by atoms with Crippen LogP contribution in [0.1, 0.15) is 47.7 Å². The molecule has 4 heterocycles. The number of likely N-dealkylation sites (tertiary alicyclic amines) is 1. The Hall–Kier alpha value is -3.15. The molecule has 0 saturated carbocycles. The summed E-state index contributed by atoms with van der Waals surface area (Å²) in [6.45, 7) is 4.33. The van der Waals surface area contributed by atoms with Gasteiger partial charge in [0.25, 0.3) is 0 Å². The lowest BCUT2D eigenvalue weighted by atomic mass is 9.98. The number of piperidine rings is 1. The van der Waals surface area contributed by atoms with Crippen LogP contribution in [0.15, 0.2) is 35.8 Å². The van der Waals surface area contributed by atoms with Crippen LogP contribution in [0, 0.1) is 18.3 Å². The highest BCUT2D eigenvalue weighted by Crippen LogP contribution is 2.38. The number of aromatic nitrogens is 2. The first-order chi connectivity index (χ1) is 15.2. The minimum atomic E-state index is 0.281. The fourth-order valence-electron chi connectivity index (χ4n) is 4.16. The van der Waals surface area contributed by atoms with Crippen molar-refractivity contribution >= 4 is 22.3 Å². The van der Waals surface area contributed by atoms with Crippen molar-refractivity contribution in [3.05, 3.63) is 58.2 Å². The number of aryl methyl sites for hydroxylation is 1. The van der Waals surface area contributed by atoms with Gasteiger partial charge in [-0.1, -0.05) is 6.42 Å². The zero-order chi connectivity index (χ0) is 21.2. The molecule has 0 bridgehead atoms. The summed E-state index contributed by atoms with van der Waals surface area (Å²) >= 11 is 1.57. The first-order valence-electron chi connectivity index (χ1n) is 10.4. The SMILES string of the molecule is Cc1cc2c(cc1CN1CCCCC1c1csc(Nc3cc(C#N)ccn3)n1)OCO2. The number of fused-ring (bicyclic) bond motifs is 1. The number of hydrogen-bond donors (Lipinski definition) is 1. The van der Waals surface area contributed by atoms with Gasteiger partial charge >= 0.3 is 0 Å². The van der Waals surface area contributed by atoms with Gasteiger partial charge in [-0.25, -0.2) is 9.97 Å². The first-order valence-corrected chi connectivity index (χ1v) is 11.3. The molecule has 1 aromatic carbocycles. The monoisotopic (exact) mass is 433 g/mol. The molecule has 158 valence electrons. The Morgan fingerprint density at radius 1 is 1.26 bits per heavy atom. The number of anilines is 2. The zero-order valence-corrected chi connectivity index (χ0v) is 18.1. The second-order valence-electron chi connectivity index (χ2n) is 7.86. The van der Waals surface area contributed by atoms with E-state index >= 15 is 0 Å². The number of pyridine rings is 1. The standard InChI is InChI=1S/C23H23N5O2S/c1-15-8-20-21(30-14-29-20)10-17(15)12-28-7-3-2-4-19(28)18-13-31-23(26-18)27-22-9-16(11-24)5-6-25-22/h5-6,8-10,13,19H,2-4,7,12,14H2,1H3,(H,25,26,27). The topological polar surface area (TPSA) is 83.3 Å². The molecule has 2 aliphatic heterocycles. The fraction of sp³-hybridized carbons (Fsp3) is 0.348. The largest absolute Gasteiger partial charge is 0.454 e. The average molecular weight is 434 g/mol. The third-order valence-corrected chi connectivity index (χ3v) is 6.58. The molecular weight excluding hydrogens is 410 g/mol. The van der Waals surface area contributed by atoms with Gasteiger partial charge in [0.2, 0.25) is 6.79 Å². The number of rotatable bonds is 5. The van der Waals surface area contributed by atoms with E-state index in [-0.39, 0.29) is 6.04 Å². The van der Waals surface area contributed by atoms with E-state index in [1.807, 2.05) is 0 Å². The Morgan fingerprint density at radius 3 is 3.00 bits per heavy atom. The van der Waals surface area contributed by atoms with Crippen LogP contribution in [0.2, 0.25) is 0 Å². The number of nitrogens with one attached hydrogen (secondary N) is 1. The van der Waals surface area contributed by atoms with Crippen LogP contribution in [0.25, 0.3) is 0 Å². The Kier molecular flexibility index (Phi) is 5.45.